The number of rotatable bonds is 7. The zero-order valence-electron chi connectivity index (χ0n) is 14.1. The number of anilines is 1. The lowest BCUT2D eigenvalue weighted by Crippen LogP contribution is -2.29. The van der Waals surface area contributed by atoms with Crippen LogP contribution in [0.15, 0.2) is 11.0 Å². The van der Waals surface area contributed by atoms with Crippen molar-refractivity contribution in [3.8, 4) is 0 Å². The molecule has 134 valence electrons. The molecule has 1 saturated carbocycles. The molecule has 3 atom stereocenters. The molecule has 1 aromatic heterocycles. The molecule has 1 aliphatic rings. The van der Waals surface area contributed by atoms with Crippen molar-refractivity contribution in [1.29, 1.82) is 0 Å². The highest BCUT2D eigenvalue weighted by Gasteiger charge is 2.34. The van der Waals surface area contributed by atoms with Crippen molar-refractivity contribution in [2.24, 2.45) is 5.92 Å². The third-order valence-electron chi connectivity index (χ3n) is 4.32. The molecule has 1 heterocycles. The van der Waals surface area contributed by atoms with Gasteiger partial charge in [-0.1, -0.05) is 6.92 Å². The number of aromatic nitrogens is 2. The number of carbonyl (C=O) groups excluding carboxylic acids is 1. The van der Waals surface area contributed by atoms with E-state index in [1.807, 2.05) is 6.92 Å². The Kier molecular flexibility index (Phi) is 6.47. The van der Waals surface area contributed by atoms with E-state index in [1.54, 1.807) is 6.20 Å². The van der Waals surface area contributed by atoms with Gasteiger partial charge in [-0.05, 0) is 19.3 Å². The van der Waals surface area contributed by atoms with Gasteiger partial charge in [-0.25, -0.2) is 4.79 Å². The fourth-order valence-corrected chi connectivity index (χ4v) is 3.06. The predicted octanol–water partition coefficient (Wildman–Crippen LogP) is 0.433. The standard InChI is InChI=1S/C16H25N3O5/c1-3-4-14(22)17-15-11(9-24-2)7-19(16(23)18-15)12-5-10(8-20)13(21)6-12/h7,10,12-13,20-21H,3-6,8-9H2,1-2H3,(H,17,18,22,23)/t10-,12-,13+/m1/s1. The molecular formula is C16H25N3O5. The van der Waals surface area contributed by atoms with Crippen LogP contribution >= 0.6 is 0 Å². The number of nitrogens with zero attached hydrogens (tertiary/aromatic N) is 2. The molecule has 0 saturated heterocycles. The van der Waals surface area contributed by atoms with Gasteiger partial charge in [0.2, 0.25) is 5.91 Å². The molecule has 1 fully saturated rings. The zero-order chi connectivity index (χ0) is 17.7. The van der Waals surface area contributed by atoms with E-state index >= 15 is 0 Å². The number of ether oxygens (including phenoxy) is 1. The minimum absolute atomic E-state index is 0.115. The van der Waals surface area contributed by atoms with Crippen molar-refractivity contribution in [3.63, 3.8) is 0 Å². The molecule has 0 spiro atoms. The third-order valence-corrected chi connectivity index (χ3v) is 4.32. The molecule has 24 heavy (non-hydrogen) atoms. The Hall–Kier alpha value is -1.77. The molecule has 8 heteroatoms. The summed E-state index contributed by atoms with van der Waals surface area (Å²) in [6.45, 7) is 1.98. The first-order valence-corrected chi connectivity index (χ1v) is 8.19. The van der Waals surface area contributed by atoms with Gasteiger partial charge in [0.25, 0.3) is 0 Å². The van der Waals surface area contributed by atoms with Crippen LogP contribution in [0.25, 0.3) is 0 Å². The predicted molar refractivity (Wildman–Crippen MR) is 87.6 cm³/mol. The number of hydrogen-bond donors (Lipinski definition) is 3. The van der Waals surface area contributed by atoms with Gasteiger partial charge in [-0.3, -0.25) is 9.36 Å². The summed E-state index contributed by atoms with van der Waals surface area (Å²) in [4.78, 5) is 28.1. The Balaban J connectivity index is 2.29. The van der Waals surface area contributed by atoms with E-state index < -0.39 is 11.8 Å². The average molecular weight is 339 g/mol. The van der Waals surface area contributed by atoms with Crippen LogP contribution < -0.4 is 11.0 Å². The molecule has 0 bridgehead atoms. The number of aliphatic hydroxyl groups is 2. The van der Waals surface area contributed by atoms with Gasteiger partial charge in [0.15, 0.2) is 0 Å². The van der Waals surface area contributed by atoms with E-state index in [1.165, 1.54) is 11.7 Å². The van der Waals surface area contributed by atoms with Gasteiger partial charge < -0.3 is 20.3 Å². The number of carbonyl (C=O) groups is 1. The Morgan fingerprint density at radius 3 is 2.83 bits per heavy atom. The molecule has 1 aromatic rings. The Bertz CT molecular complexity index is 631. The Morgan fingerprint density at radius 2 is 2.25 bits per heavy atom. The molecule has 0 unspecified atom stereocenters. The van der Waals surface area contributed by atoms with Gasteiger partial charge >= 0.3 is 5.69 Å². The fraction of sp³-hybridized carbons (Fsp3) is 0.688. The van der Waals surface area contributed by atoms with Gasteiger partial charge in [0.1, 0.15) is 5.82 Å². The maximum atomic E-state index is 12.3. The largest absolute Gasteiger partial charge is 0.396 e. The summed E-state index contributed by atoms with van der Waals surface area (Å²) in [6, 6.07) is -0.229. The highest BCUT2D eigenvalue weighted by Crippen LogP contribution is 2.34. The summed E-state index contributed by atoms with van der Waals surface area (Å²) in [5.41, 5.74) is 0.112. The molecule has 1 aliphatic carbocycles. The van der Waals surface area contributed by atoms with Crippen LogP contribution in [0.3, 0.4) is 0 Å². The second-order valence-electron chi connectivity index (χ2n) is 6.17. The molecule has 2 rings (SSSR count). The molecule has 8 nitrogen and oxygen atoms in total. The van der Waals surface area contributed by atoms with Crippen molar-refractivity contribution in [3.05, 3.63) is 22.2 Å². The van der Waals surface area contributed by atoms with E-state index in [2.05, 4.69) is 10.3 Å². The summed E-state index contributed by atoms with van der Waals surface area (Å²) in [7, 11) is 1.52. The number of aliphatic hydroxyl groups excluding tert-OH is 2. The lowest BCUT2D eigenvalue weighted by Gasteiger charge is -2.17. The van der Waals surface area contributed by atoms with E-state index in [9.17, 15) is 19.8 Å². The lowest BCUT2D eigenvalue weighted by atomic mass is 10.1. The highest BCUT2D eigenvalue weighted by molar-refractivity contribution is 5.90. The van der Waals surface area contributed by atoms with Crippen LogP contribution in [0.2, 0.25) is 0 Å². The first-order chi connectivity index (χ1) is 11.5. The second kappa shape index (κ2) is 8.36. The van der Waals surface area contributed by atoms with E-state index in [0.29, 0.717) is 31.2 Å². The molecule has 0 radical (unpaired) electrons. The van der Waals surface area contributed by atoms with Crippen LogP contribution in [-0.2, 0) is 16.1 Å². The minimum atomic E-state index is -0.637. The first kappa shape index (κ1) is 18.6. The van der Waals surface area contributed by atoms with Crippen molar-refractivity contribution in [2.75, 3.05) is 19.0 Å². The average Bonchev–Trinajstić information content (AvgIpc) is 2.91. The zero-order valence-corrected chi connectivity index (χ0v) is 14.1. The normalized spacial score (nSPS) is 23.4. The fourth-order valence-electron chi connectivity index (χ4n) is 3.06. The van der Waals surface area contributed by atoms with Gasteiger partial charge in [0, 0.05) is 43.9 Å². The van der Waals surface area contributed by atoms with Crippen molar-refractivity contribution in [2.45, 2.75) is 51.4 Å². The quantitative estimate of drug-likeness (QED) is 0.664. The minimum Gasteiger partial charge on any atom is -0.396 e. The van der Waals surface area contributed by atoms with Crippen LogP contribution in [0.1, 0.15) is 44.2 Å². The van der Waals surface area contributed by atoms with Gasteiger partial charge in [0.05, 0.1) is 12.7 Å². The number of amides is 1. The lowest BCUT2D eigenvalue weighted by molar-refractivity contribution is -0.116. The van der Waals surface area contributed by atoms with Crippen LogP contribution in [-0.4, -0.2) is 45.5 Å². The monoisotopic (exact) mass is 339 g/mol. The van der Waals surface area contributed by atoms with E-state index in [-0.39, 0.29) is 36.9 Å². The van der Waals surface area contributed by atoms with Crippen LogP contribution in [0.4, 0.5) is 5.82 Å². The van der Waals surface area contributed by atoms with E-state index in [4.69, 9.17) is 4.74 Å². The summed E-state index contributed by atoms with van der Waals surface area (Å²) >= 11 is 0. The summed E-state index contributed by atoms with van der Waals surface area (Å²) < 4.78 is 6.60. The maximum Gasteiger partial charge on any atom is 0.349 e. The first-order valence-electron chi connectivity index (χ1n) is 8.19. The van der Waals surface area contributed by atoms with Gasteiger partial charge in [-0.15, -0.1) is 0 Å². The van der Waals surface area contributed by atoms with Crippen molar-refractivity contribution in [1.82, 2.24) is 9.55 Å². The second-order valence-corrected chi connectivity index (χ2v) is 6.17. The summed E-state index contributed by atoms with van der Waals surface area (Å²) in [5.74, 6) is -0.221. The Morgan fingerprint density at radius 1 is 1.50 bits per heavy atom. The highest BCUT2D eigenvalue weighted by atomic mass is 16.5. The molecule has 0 aromatic carbocycles. The molecule has 0 aliphatic heterocycles. The van der Waals surface area contributed by atoms with Crippen molar-refractivity contribution >= 4 is 11.7 Å². The number of nitrogens with one attached hydrogen (secondary N) is 1. The Labute approximate surface area is 140 Å². The smallest absolute Gasteiger partial charge is 0.349 e. The third kappa shape index (κ3) is 4.19. The SMILES string of the molecule is CCCC(=O)Nc1nc(=O)n([C@@H]2C[C@H](CO)[C@@H](O)C2)cc1COC. The molecule has 3 N–H and O–H groups in total. The maximum absolute atomic E-state index is 12.3. The topological polar surface area (TPSA) is 114 Å². The number of methoxy groups -OCH3 is 1. The summed E-state index contributed by atoms with van der Waals surface area (Å²) in [6.07, 6.45) is 2.93. The summed E-state index contributed by atoms with van der Waals surface area (Å²) in [5, 5.41) is 21.9. The molecular weight excluding hydrogens is 314 g/mol. The van der Waals surface area contributed by atoms with E-state index in [0.717, 1.165) is 0 Å². The van der Waals surface area contributed by atoms with Crippen LogP contribution in [0, 0.1) is 5.92 Å². The van der Waals surface area contributed by atoms with Crippen molar-refractivity contribution < 1.29 is 19.7 Å². The van der Waals surface area contributed by atoms with Gasteiger partial charge in [-0.2, -0.15) is 4.98 Å². The number of hydrogen-bond acceptors (Lipinski definition) is 6. The van der Waals surface area contributed by atoms with Crippen LogP contribution in [0.5, 0.6) is 0 Å². The molecule has 1 amide bonds.